The number of nitrogens with zero attached hydrogens (tertiary/aromatic N) is 6. The standard InChI is InChI=1S/C17H23N7O3/c1-22(2)16-19-13(20-17(21-16)24-7-9-27-10-8-24)11-18-14(25)12-5-4-6-23(3)15(12)26/h4-6H,7-11H2,1-3H3,(H,18,25). The number of amides is 1. The number of rotatable bonds is 5. The third-order valence-corrected chi connectivity index (χ3v) is 4.13. The quantitative estimate of drug-likeness (QED) is 0.741. The number of aryl methyl sites for hydroxylation is 1. The van der Waals surface area contributed by atoms with Gasteiger partial charge in [0.25, 0.3) is 11.5 Å². The van der Waals surface area contributed by atoms with E-state index in [0.717, 1.165) is 0 Å². The number of ether oxygens (including phenoxy) is 1. The van der Waals surface area contributed by atoms with Gasteiger partial charge in [0.2, 0.25) is 11.9 Å². The molecule has 0 unspecified atom stereocenters. The van der Waals surface area contributed by atoms with Crippen LogP contribution in [0.25, 0.3) is 0 Å². The van der Waals surface area contributed by atoms with Crippen LogP contribution in [0.1, 0.15) is 16.2 Å². The van der Waals surface area contributed by atoms with Gasteiger partial charge in [-0.3, -0.25) is 9.59 Å². The topological polar surface area (TPSA) is 105 Å². The van der Waals surface area contributed by atoms with Crippen LogP contribution in [-0.2, 0) is 18.3 Å². The fourth-order valence-electron chi connectivity index (χ4n) is 2.60. The SMILES string of the molecule is CN(C)c1nc(CNC(=O)c2cccn(C)c2=O)nc(N2CCOCC2)n1. The van der Waals surface area contributed by atoms with Crippen LogP contribution >= 0.6 is 0 Å². The first kappa shape index (κ1) is 18.8. The average Bonchev–Trinajstić information content (AvgIpc) is 2.68. The predicted octanol–water partition coefficient (Wildman–Crippen LogP) is -0.597. The monoisotopic (exact) mass is 373 g/mol. The summed E-state index contributed by atoms with van der Waals surface area (Å²) in [4.78, 5) is 41.6. The van der Waals surface area contributed by atoms with Gasteiger partial charge in [-0.15, -0.1) is 0 Å². The lowest BCUT2D eigenvalue weighted by atomic mass is 10.2. The number of hydrogen-bond acceptors (Lipinski definition) is 8. The van der Waals surface area contributed by atoms with Crippen molar-refractivity contribution in [3.05, 3.63) is 40.1 Å². The molecule has 1 aliphatic rings. The van der Waals surface area contributed by atoms with E-state index in [1.54, 1.807) is 24.2 Å². The van der Waals surface area contributed by atoms with Crippen molar-refractivity contribution in [2.24, 2.45) is 7.05 Å². The Morgan fingerprint density at radius 3 is 2.70 bits per heavy atom. The molecule has 3 heterocycles. The Labute approximate surface area is 156 Å². The Hall–Kier alpha value is -3.01. The third-order valence-electron chi connectivity index (χ3n) is 4.13. The maximum absolute atomic E-state index is 12.4. The molecule has 0 spiro atoms. The van der Waals surface area contributed by atoms with E-state index in [4.69, 9.17) is 4.74 Å². The van der Waals surface area contributed by atoms with Gasteiger partial charge in [-0.1, -0.05) is 0 Å². The molecule has 0 aliphatic carbocycles. The predicted molar refractivity (Wildman–Crippen MR) is 100 cm³/mol. The largest absolute Gasteiger partial charge is 0.378 e. The maximum Gasteiger partial charge on any atom is 0.263 e. The molecule has 1 aliphatic heterocycles. The van der Waals surface area contributed by atoms with E-state index in [1.807, 2.05) is 19.0 Å². The second-order valence-corrected chi connectivity index (χ2v) is 6.37. The maximum atomic E-state index is 12.4. The van der Waals surface area contributed by atoms with Crippen molar-refractivity contribution in [1.82, 2.24) is 24.8 Å². The van der Waals surface area contributed by atoms with Crippen LogP contribution in [0.2, 0.25) is 0 Å². The van der Waals surface area contributed by atoms with E-state index < -0.39 is 5.91 Å². The Morgan fingerprint density at radius 2 is 2.00 bits per heavy atom. The molecule has 2 aromatic rings. The van der Waals surface area contributed by atoms with E-state index in [0.29, 0.717) is 44.0 Å². The van der Waals surface area contributed by atoms with Crippen molar-refractivity contribution in [2.45, 2.75) is 6.54 Å². The molecule has 10 nitrogen and oxygen atoms in total. The highest BCUT2D eigenvalue weighted by Gasteiger charge is 2.18. The molecule has 27 heavy (non-hydrogen) atoms. The van der Waals surface area contributed by atoms with Gasteiger partial charge in [-0.25, -0.2) is 0 Å². The van der Waals surface area contributed by atoms with Gasteiger partial charge in [0, 0.05) is 40.4 Å². The molecule has 10 heteroatoms. The third kappa shape index (κ3) is 4.40. The molecular formula is C17H23N7O3. The van der Waals surface area contributed by atoms with Gasteiger partial charge in [0.1, 0.15) is 5.56 Å². The minimum atomic E-state index is -0.462. The molecule has 1 fully saturated rings. The van der Waals surface area contributed by atoms with Crippen molar-refractivity contribution in [2.75, 3.05) is 50.2 Å². The Bertz CT molecular complexity index is 875. The van der Waals surface area contributed by atoms with E-state index in [9.17, 15) is 9.59 Å². The number of pyridine rings is 1. The van der Waals surface area contributed by atoms with E-state index in [1.165, 1.54) is 10.6 Å². The minimum absolute atomic E-state index is 0.0790. The van der Waals surface area contributed by atoms with E-state index in [2.05, 4.69) is 20.3 Å². The van der Waals surface area contributed by atoms with E-state index >= 15 is 0 Å². The molecule has 1 saturated heterocycles. The zero-order valence-corrected chi connectivity index (χ0v) is 15.7. The molecule has 0 saturated carbocycles. The Morgan fingerprint density at radius 1 is 1.26 bits per heavy atom. The molecule has 1 N–H and O–H groups in total. The number of morpholine rings is 1. The zero-order valence-electron chi connectivity index (χ0n) is 15.7. The molecule has 0 bridgehead atoms. The summed E-state index contributed by atoms with van der Waals surface area (Å²) < 4.78 is 6.73. The second kappa shape index (κ2) is 8.12. The second-order valence-electron chi connectivity index (χ2n) is 6.37. The van der Waals surface area contributed by atoms with Crippen LogP contribution in [0.4, 0.5) is 11.9 Å². The van der Waals surface area contributed by atoms with Crippen molar-refractivity contribution < 1.29 is 9.53 Å². The van der Waals surface area contributed by atoms with E-state index in [-0.39, 0.29) is 17.7 Å². The highest BCUT2D eigenvalue weighted by Crippen LogP contribution is 2.14. The minimum Gasteiger partial charge on any atom is -0.378 e. The number of carbonyl (C=O) groups is 1. The summed E-state index contributed by atoms with van der Waals surface area (Å²) in [5.41, 5.74) is -0.274. The molecule has 0 atom stereocenters. The summed E-state index contributed by atoms with van der Waals surface area (Å²) in [6.07, 6.45) is 1.60. The number of carbonyl (C=O) groups excluding carboxylic acids is 1. The normalized spacial score (nSPS) is 14.1. The lowest BCUT2D eigenvalue weighted by Gasteiger charge is -2.27. The van der Waals surface area contributed by atoms with Crippen LogP contribution in [0.3, 0.4) is 0 Å². The van der Waals surface area contributed by atoms with Crippen molar-refractivity contribution in [3.8, 4) is 0 Å². The first-order valence-corrected chi connectivity index (χ1v) is 8.64. The van der Waals surface area contributed by atoms with Gasteiger partial charge in [0.15, 0.2) is 5.82 Å². The molecule has 1 amide bonds. The molecular weight excluding hydrogens is 350 g/mol. The van der Waals surface area contributed by atoms with Crippen LogP contribution < -0.4 is 20.7 Å². The summed E-state index contributed by atoms with van der Waals surface area (Å²) in [6.45, 7) is 2.72. The first-order valence-electron chi connectivity index (χ1n) is 8.64. The fraction of sp³-hybridized carbons (Fsp3) is 0.471. The van der Waals surface area contributed by atoms with Gasteiger partial charge >= 0.3 is 0 Å². The van der Waals surface area contributed by atoms with Crippen molar-refractivity contribution in [3.63, 3.8) is 0 Å². The number of nitrogens with one attached hydrogen (secondary N) is 1. The van der Waals surface area contributed by atoms with Crippen LogP contribution in [0.5, 0.6) is 0 Å². The summed E-state index contributed by atoms with van der Waals surface area (Å²) >= 11 is 0. The Balaban J connectivity index is 1.79. The van der Waals surface area contributed by atoms with Crippen LogP contribution in [0, 0.1) is 0 Å². The Kier molecular flexibility index (Phi) is 5.65. The lowest BCUT2D eigenvalue weighted by Crippen LogP contribution is -2.38. The molecule has 144 valence electrons. The number of aromatic nitrogens is 4. The van der Waals surface area contributed by atoms with Gasteiger partial charge < -0.3 is 24.4 Å². The number of anilines is 2. The summed E-state index contributed by atoms with van der Waals surface area (Å²) in [6, 6.07) is 3.15. The smallest absolute Gasteiger partial charge is 0.263 e. The molecule has 0 radical (unpaired) electrons. The van der Waals surface area contributed by atoms with Gasteiger partial charge in [-0.05, 0) is 12.1 Å². The highest BCUT2D eigenvalue weighted by atomic mass is 16.5. The fourth-order valence-corrected chi connectivity index (χ4v) is 2.60. The summed E-state index contributed by atoms with van der Waals surface area (Å²) in [7, 11) is 5.28. The van der Waals surface area contributed by atoms with Gasteiger partial charge in [-0.2, -0.15) is 15.0 Å². The first-order chi connectivity index (χ1) is 13.0. The van der Waals surface area contributed by atoms with Crippen LogP contribution in [-0.4, -0.2) is 65.8 Å². The summed E-state index contributed by atoms with van der Waals surface area (Å²) in [5, 5.41) is 2.71. The molecule has 0 aromatic carbocycles. The summed E-state index contributed by atoms with van der Waals surface area (Å²) in [5.74, 6) is 1.02. The van der Waals surface area contributed by atoms with Crippen molar-refractivity contribution >= 4 is 17.8 Å². The number of hydrogen-bond donors (Lipinski definition) is 1. The molecule has 2 aromatic heterocycles. The van der Waals surface area contributed by atoms with Crippen molar-refractivity contribution in [1.29, 1.82) is 0 Å². The van der Waals surface area contributed by atoms with Crippen LogP contribution in [0.15, 0.2) is 23.1 Å². The molecule has 3 rings (SSSR count). The average molecular weight is 373 g/mol. The lowest BCUT2D eigenvalue weighted by molar-refractivity contribution is 0.0948. The van der Waals surface area contributed by atoms with Gasteiger partial charge in [0.05, 0.1) is 19.8 Å². The zero-order chi connectivity index (χ0) is 19.4. The highest BCUT2D eigenvalue weighted by molar-refractivity contribution is 5.93.